The van der Waals surface area contributed by atoms with Crippen LogP contribution in [0.4, 0.5) is 5.69 Å². The van der Waals surface area contributed by atoms with Gasteiger partial charge in [-0.3, -0.25) is 9.59 Å². The second kappa shape index (κ2) is 5.31. The zero-order chi connectivity index (χ0) is 15.7. The van der Waals surface area contributed by atoms with Crippen LogP contribution in [0.25, 0.3) is 0 Å². The van der Waals surface area contributed by atoms with E-state index in [1.165, 1.54) is 18.5 Å². The predicted octanol–water partition coefficient (Wildman–Crippen LogP) is 1.12. The minimum atomic E-state index is -1.16. The quantitative estimate of drug-likeness (QED) is 0.791. The molecule has 1 unspecified atom stereocenters. The number of carbonyl (C=O) groups is 1. The monoisotopic (exact) mass is 299 g/mol. The first-order valence-electron chi connectivity index (χ1n) is 7.00. The van der Waals surface area contributed by atoms with Crippen molar-refractivity contribution in [2.24, 2.45) is 5.73 Å². The van der Waals surface area contributed by atoms with Crippen LogP contribution in [0.1, 0.15) is 17.5 Å². The number of rotatable bonds is 3. The second-order valence-corrected chi connectivity index (χ2v) is 5.33. The number of fused-ring (bicyclic) bond motifs is 1. The maximum Gasteiger partial charge on any atom is 0.249 e. The smallest absolute Gasteiger partial charge is 0.249 e. The summed E-state index contributed by atoms with van der Waals surface area (Å²) in [6.07, 6.45) is 4.09. The molecular weight excluding hydrogens is 282 g/mol. The van der Waals surface area contributed by atoms with E-state index in [0.717, 1.165) is 16.9 Å². The number of nitrogens with two attached hydrogens (primary N) is 1. The highest BCUT2D eigenvalue weighted by Crippen LogP contribution is 2.40. The molecule has 22 heavy (non-hydrogen) atoms. The summed E-state index contributed by atoms with van der Waals surface area (Å²) in [5.41, 5.74) is 6.82. The molecule has 1 heterocycles. The Kier molecular flexibility index (Phi) is 3.46. The van der Waals surface area contributed by atoms with Crippen molar-refractivity contribution < 1.29 is 9.53 Å². The van der Waals surface area contributed by atoms with Gasteiger partial charge in [0, 0.05) is 18.5 Å². The van der Waals surface area contributed by atoms with Crippen molar-refractivity contribution in [2.45, 2.75) is 18.4 Å². The zero-order valence-electron chi connectivity index (χ0n) is 12.2. The van der Waals surface area contributed by atoms with Crippen molar-refractivity contribution in [2.75, 3.05) is 12.4 Å². The summed E-state index contributed by atoms with van der Waals surface area (Å²) >= 11 is 0. The minimum absolute atomic E-state index is 0.189. The van der Waals surface area contributed by atoms with Gasteiger partial charge in [-0.05, 0) is 30.0 Å². The minimum Gasteiger partial charge on any atom is -0.496 e. The van der Waals surface area contributed by atoms with Gasteiger partial charge in [-0.2, -0.15) is 0 Å². The Labute approximate surface area is 127 Å². The first kappa shape index (κ1) is 14.3. The lowest BCUT2D eigenvalue weighted by Gasteiger charge is -2.24. The number of anilines is 1. The van der Waals surface area contributed by atoms with Crippen molar-refractivity contribution in [3.05, 3.63) is 58.0 Å². The van der Waals surface area contributed by atoms with Gasteiger partial charge >= 0.3 is 0 Å². The third-order valence-electron chi connectivity index (χ3n) is 4.08. The van der Waals surface area contributed by atoms with E-state index in [4.69, 9.17) is 10.5 Å². The molecule has 1 aliphatic carbocycles. The Morgan fingerprint density at radius 2 is 2.23 bits per heavy atom. The van der Waals surface area contributed by atoms with Gasteiger partial charge in [0.2, 0.25) is 11.3 Å². The van der Waals surface area contributed by atoms with Crippen LogP contribution in [0.5, 0.6) is 5.75 Å². The average Bonchev–Trinajstić information content (AvgIpc) is 2.88. The summed E-state index contributed by atoms with van der Waals surface area (Å²) in [5.74, 6) is 0.339. The number of hydrogen-bond acceptors (Lipinski definition) is 4. The van der Waals surface area contributed by atoms with Gasteiger partial charge in [0.15, 0.2) is 0 Å². The van der Waals surface area contributed by atoms with Gasteiger partial charge in [-0.25, -0.2) is 0 Å². The van der Waals surface area contributed by atoms with E-state index in [1.807, 2.05) is 18.2 Å². The number of ether oxygens (including phenoxy) is 1. The summed E-state index contributed by atoms with van der Waals surface area (Å²) in [6, 6.07) is 6.85. The molecule has 0 saturated carbocycles. The van der Waals surface area contributed by atoms with Crippen molar-refractivity contribution in [1.82, 2.24) is 4.98 Å². The molecule has 6 nitrogen and oxygen atoms in total. The maximum absolute atomic E-state index is 12.6. The lowest BCUT2D eigenvalue weighted by molar-refractivity contribution is -0.121. The number of nitrogens with one attached hydrogen (secondary N) is 2. The SMILES string of the molecule is COc1cccc2c1CCC2(N)C(=O)Nc1c[nH]ccc1=O. The molecule has 1 amide bonds. The third kappa shape index (κ3) is 2.17. The number of hydrogen-bond donors (Lipinski definition) is 3. The van der Waals surface area contributed by atoms with Gasteiger partial charge in [0.25, 0.3) is 0 Å². The third-order valence-corrected chi connectivity index (χ3v) is 4.08. The zero-order valence-corrected chi connectivity index (χ0v) is 12.2. The van der Waals surface area contributed by atoms with Crippen LogP contribution in [-0.4, -0.2) is 18.0 Å². The van der Waals surface area contributed by atoms with Crippen LogP contribution in [0.3, 0.4) is 0 Å². The number of methoxy groups -OCH3 is 1. The van der Waals surface area contributed by atoms with Crippen molar-refractivity contribution in [1.29, 1.82) is 0 Å². The number of carbonyl (C=O) groups excluding carboxylic acids is 1. The fourth-order valence-electron chi connectivity index (χ4n) is 2.87. The van der Waals surface area contributed by atoms with E-state index < -0.39 is 11.4 Å². The predicted molar refractivity (Wildman–Crippen MR) is 82.9 cm³/mol. The molecule has 0 saturated heterocycles. The van der Waals surface area contributed by atoms with Crippen molar-refractivity contribution in [3.8, 4) is 5.75 Å². The summed E-state index contributed by atoms with van der Waals surface area (Å²) in [5, 5.41) is 2.62. The summed E-state index contributed by atoms with van der Waals surface area (Å²) < 4.78 is 5.33. The summed E-state index contributed by atoms with van der Waals surface area (Å²) in [7, 11) is 1.59. The molecule has 1 aliphatic rings. The number of aromatic nitrogens is 1. The molecule has 114 valence electrons. The number of H-pyrrole nitrogens is 1. The topological polar surface area (TPSA) is 97.2 Å². The van der Waals surface area contributed by atoms with Crippen LogP contribution < -0.4 is 21.2 Å². The molecule has 6 heteroatoms. The van der Waals surface area contributed by atoms with E-state index in [-0.39, 0.29) is 11.1 Å². The lowest BCUT2D eigenvalue weighted by atomic mass is 9.91. The maximum atomic E-state index is 12.6. The average molecular weight is 299 g/mol. The molecule has 3 rings (SSSR count). The summed E-state index contributed by atoms with van der Waals surface area (Å²) in [6.45, 7) is 0. The Hall–Kier alpha value is -2.60. The van der Waals surface area contributed by atoms with Crippen LogP contribution in [0.2, 0.25) is 0 Å². The van der Waals surface area contributed by atoms with E-state index >= 15 is 0 Å². The van der Waals surface area contributed by atoms with Crippen LogP contribution in [-0.2, 0) is 16.8 Å². The Morgan fingerprint density at radius 3 is 2.95 bits per heavy atom. The highest BCUT2D eigenvalue weighted by Gasteiger charge is 2.43. The van der Waals surface area contributed by atoms with Gasteiger partial charge in [-0.15, -0.1) is 0 Å². The van der Waals surface area contributed by atoms with Crippen molar-refractivity contribution >= 4 is 11.6 Å². The molecule has 0 spiro atoms. The molecule has 0 aliphatic heterocycles. The van der Waals surface area contributed by atoms with E-state index in [1.54, 1.807) is 7.11 Å². The number of aromatic amines is 1. The highest BCUT2D eigenvalue weighted by atomic mass is 16.5. The standard InChI is InChI=1S/C16H17N3O3/c1-22-14-4-2-3-11-10(14)5-7-16(11,17)15(21)19-12-9-18-8-6-13(12)20/h2-4,6,8-9H,5,7,17H2,1H3,(H,18,20)(H,19,21). The molecule has 0 bridgehead atoms. The fraction of sp³-hybridized carbons (Fsp3) is 0.250. The van der Waals surface area contributed by atoms with Gasteiger partial charge in [-0.1, -0.05) is 12.1 Å². The van der Waals surface area contributed by atoms with Gasteiger partial charge in [0.05, 0.1) is 7.11 Å². The fourth-order valence-corrected chi connectivity index (χ4v) is 2.87. The molecular formula is C16H17N3O3. The molecule has 0 radical (unpaired) electrons. The molecule has 4 N–H and O–H groups in total. The second-order valence-electron chi connectivity index (χ2n) is 5.33. The van der Waals surface area contributed by atoms with E-state index in [9.17, 15) is 9.59 Å². The van der Waals surface area contributed by atoms with E-state index in [2.05, 4.69) is 10.3 Å². The number of pyridine rings is 1. The van der Waals surface area contributed by atoms with Gasteiger partial charge < -0.3 is 20.8 Å². The van der Waals surface area contributed by atoms with Gasteiger partial charge in [0.1, 0.15) is 17.0 Å². The van der Waals surface area contributed by atoms with Crippen LogP contribution in [0, 0.1) is 0 Å². The Morgan fingerprint density at radius 1 is 1.41 bits per heavy atom. The normalized spacial score (nSPS) is 19.5. The Balaban J connectivity index is 1.95. The summed E-state index contributed by atoms with van der Waals surface area (Å²) in [4.78, 5) is 27.1. The first-order chi connectivity index (χ1) is 10.6. The number of amides is 1. The number of benzene rings is 1. The van der Waals surface area contributed by atoms with E-state index in [0.29, 0.717) is 12.8 Å². The molecule has 1 aromatic heterocycles. The largest absolute Gasteiger partial charge is 0.496 e. The molecule has 2 aromatic rings. The first-order valence-corrected chi connectivity index (χ1v) is 7.00. The van der Waals surface area contributed by atoms with Crippen LogP contribution >= 0.6 is 0 Å². The van der Waals surface area contributed by atoms with Crippen molar-refractivity contribution in [3.63, 3.8) is 0 Å². The highest BCUT2D eigenvalue weighted by molar-refractivity contribution is 5.99. The molecule has 0 fully saturated rings. The van der Waals surface area contributed by atoms with Crippen LogP contribution in [0.15, 0.2) is 41.5 Å². The Bertz CT molecular complexity index is 784. The molecule has 1 aromatic carbocycles. The lowest BCUT2D eigenvalue weighted by Crippen LogP contribution is -2.47. The molecule has 1 atom stereocenters.